The number of hydrogen-bond acceptors (Lipinski definition) is 7. The molecule has 2 aliphatic rings. The Labute approximate surface area is 153 Å². The first kappa shape index (κ1) is 15.7. The summed E-state index contributed by atoms with van der Waals surface area (Å²) in [6.45, 7) is 1.91. The van der Waals surface area contributed by atoms with E-state index in [1.165, 1.54) is 18.7 Å². The molecule has 5 heterocycles. The summed E-state index contributed by atoms with van der Waals surface area (Å²) in [5.74, 6) is 0.726. The molecule has 0 aliphatic carbocycles. The molecule has 0 radical (unpaired) electrons. The zero-order valence-corrected chi connectivity index (χ0v) is 14.4. The first-order chi connectivity index (χ1) is 12.7. The maximum absolute atomic E-state index is 14.2. The smallest absolute Gasteiger partial charge is 0.168 e. The van der Waals surface area contributed by atoms with E-state index in [9.17, 15) is 4.39 Å². The lowest BCUT2D eigenvalue weighted by atomic mass is 10.2. The third kappa shape index (κ3) is 2.53. The summed E-state index contributed by atoms with van der Waals surface area (Å²) in [4.78, 5) is 19.5. The molecule has 7 nitrogen and oxygen atoms in total. The molecule has 2 aliphatic heterocycles. The fourth-order valence-corrected chi connectivity index (χ4v) is 3.81. The van der Waals surface area contributed by atoms with Gasteiger partial charge in [0.2, 0.25) is 0 Å². The fraction of sp³-hybridized carbons (Fsp3) is 0.294. The van der Waals surface area contributed by atoms with E-state index in [4.69, 9.17) is 16.6 Å². The van der Waals surface area contributed by atoms with Crippen molar-refractivity contribution in [3.05, 3.63) is 41.7 Å². The first-order valence-electron chi connectivity index (χ1n) is 8.37. The number of pyridine rings is 2. The van der Waals surface area contributed by atoms with Gasteiger partial charge in [-0.15, -0.1) is 0 Å². The van der Waals surface area contributed by atoms with Gasteiger partial charge in [0.05, 0.1) is 22.4 Å². The fourth-order valence-electron chi connectivity index (χ4n) is 3.66. The van der Waals surface area contributed by atoms with Crippen molar-refractivity contribution in [1.29, 1.82) is 0 Å². The summed E-state index contributed by atoms with van der Waals surface area (Å²) in [6, 6.07) is 4.87. The summed E-state index contributed by atoms with van der Waals surface area (Å²) in [7, 11) is 0. The molecule has 0 unspecified atom stereocenters. The van der Waals surface area contributed by atoms with Gasteiger partial charge in [-0.3, -0.25) is 4.98 Å². The second-order valence-electron chi connectivity index (χ2n) is 6.51. The van der Waals surface area contributed by atoms with Crippen LogP contribution in [0.5, 0.6) is 0 Å². The van der Waals surface area contributed by atoms with Crippen molar-refractivity contribution in [3.8, 4) is 0 Å². The highest BCUT2D eigenvalue weighted by Gasteiger charge is 2.38. The number of nitrogens with one attached hydrogen (secondary N) is 2. The van der Waals surface area contributed by atoms with Gasteiger partial charge in [0.25, 0.3) is 0 Å². The molecular weight excluding hydrogens is 357 g/mol. The largest absolute Gasteiger partial charge is 0.351 e. The van der Waals surface area contributed by atoms with E-state index in [-0.39, 0.29) is 10.7 Å². The second kappa shape index (κ2) is 6.00. The van der Waals surface area contributed by atoms with E-state index in [1.54, 1.807) is 0 Å². The molecule has 2 saturated heterocycles. The molecule has 26 heavy (non-hydrogen) atoms. The van der Waals surface area contributed by atoms with E-state index in [0.717, 1.165) is 25.3 Å². The highest BCUT2D eigenvalue weighted by molar-refractivity contribution is 6.30. The Hall–Kier alpha value is -2.58. The van der Waals surface area contributed by atoms with E-state index < -0.39 is 5.82 Å². The number of nitrogens with zero attached hydrogens (tertiary/aromatic N) is 5. The Morgan fingerprint density at radius 1 is 1.27 bits per heavy atom. The van der Waals surface area contributed by atoms with Crippen molar-refractivity contribution >= 4 is 40.0 Å². The Morgan fingerprint density at radius 2 is 2.19 bits per heavy atom. The quantitative estimate of drug-likeness (QED) is 0.732. The predicted molar refractivity (Wildman–Crippen MR) is 97.4 cm³/mol. The number of anilines is 3. The Bertz CT molecular complexity index is 998. The van der Waals surface area contributed by atoms with Crippen molar-refractivity contribution in [1.82, 2.24) is 25.3 Å². The van der Waals surface area contributed by atoms with Gasteiger partial charge in [0, 0.05) is 31.4 Å². The lowest BCUT2D eigenvalue weighted by Crippen LogP contribution is -2.44. The minimum atomic E-state index is -0.576. The molecule has 0 amide bonds. The second-order valence-corrected chi connectivity index (χ2v) is 6.92. The molecule has 2 N–H and O–H groups in total. The SMILES string of the molecule is Fc1c(Cl)cncc1Nc1ncnc2ccc(N3C[C@@H]4C[C@H]3CN4)nc12. The topological polar surface area (TPSA) is 78.9 Å². The van der Waals surface area contributed by atoms with Crippen LogP contribution < -0.4 is 15.5 Å². The van der Waals surface area contributed by atoms with Crippen LogP contribution in [0.3, 0.4) is 0 Å². The Morgan fingerprint density at radius 3 is 3.00 bits per heavy atom. The molecule has 0 aromatic carbocycles. The maximum atomic E-state index is 14.2. The number of rotatable bonds is 3. The zero-order valence-electron chi connectivity index (χ0n) is 13.7. The van der Waals surface area contributed by atoms with E-state index in [0.29, 0.717) is 28.9 Å². The summed E-state index contributed by atoms with van der Waals surface area (Å²) in [6.07, 6.45) is 5.18. The van der Waals surface area contributed by atoms with Gasteiger partial charge < -0.3 is 15.5 Å². The highest BCUT2D eigenvalue weighted by atomic mass is 35.5. The third-order valence-electron chi connectivity index (χ3n) is 4.91. The first-order valence-corrected chi connectivity index (χ1v) is 8.74. The van der Waals surface area contributed by atoms with Crippen molar-refractivity contribution in [2.75, 3.05) is 23.3 Å². The lowest BCUT2D eigenvalue weighted by molar-refractivity contribution is 0.577. The molecule has 0 spiro atoms. The minimum absolute atomic E-state index is 0.0531. The number of hydrogen-bond donors (Lipinski definition) is 2. The third-order valence-corrected chi connectivity index (χ3v) is 5.17. The molecule has 132 valence electrons. The average Bonchev–Trinajstić information content (AvgIpc) is 3.29. The van der Waals surface area contributed by atoms with Gasteiger partial charge in [-0.25, -0.2) is 19.3 Å². The number of aromatic nitrogens is 4. The van der Waals surface area contributed by atoms with Crippen LogP contribution in [-0.4, -0.2) is 45.1 Å². The van der Waals surface area contributed by atoms with Crippen LogP contribution in [0.4, 0.5) is 21.7 Å². The molecule has 2 fully saturated rings. The van der Waals surface area contributed by atoms with Gasteiger partial charge in [-0.1, -0.05) is 11.6 Å². The van der Waals surface area contributed by atoms with E-state index >= 15 is 0 Å². The van der Waals surface area contributed by atoms with Gasteiger partial charge in [-0.2, -0.15) is 0 Å². The van der Waals surface area contributed by atoms with Crippen molar-refractivity contribution < 1.29 is 4.39 Å². The normalized spacial score (nSPS) is 21.5. The number of fused-ring (bicyclic) bond motifs is 3. The average molecular weight is 372 g/mol. The van der Waals surface area contributed by atoms with Gasteiger partial charge in [0.15, 0.2) is 11.6 Å². The summed E-state index contributed by atoms with van der Waals surface area (Å²) in [5, 5.41) is 6.37. The van der Waals surface area contributed by atoms with Crippen molar-refractivity contribution in [3.63, 3.8) is 0 Å². The van der Waals surface area contributed by atoms with E-state index in [1.807, 2.05) is 12.1 Å². The molecule has 9 heteroatoms. The summed E-state index contributed by atoms with van der Waals surface area (Å²) >= 11 is 5.81. The monoisotopic (exact) mass is 371 g/mol. The zero-order chi connectivity index (χ0) is 17.7. The standard InChI is InChI=1S/C17H15ClFN7/c18-11-5-20-6-13(15(11)19)24-17-16-12(22-8-23-17)1-2-14(25-16)26-7-9-3-10(26)4-21-9/h1-2,5-6,8-10,21H,3-4,7H2,(H,22,23,24)/t9-,10-/m0/s1. The lowest BCUT2D eigenvalue weighted by Gasteiger charge is -2.28. The molecule has 0 saturated carbocycles. The molecule has 5 rings (SSSR count). The number of halogens is 2. The summed E-state index contributed by atoms with van der Waals surface area (Å²) in [5.41, 5.74) is 1.42. The Balaban J connectivity index is 1.55. The van der Waals surface area contributed by atoms with Crippen LogP contribution in [0.15, 0.2) is 30.9 Å². The molecule has 3 aromatic rings. The maximum Gasteiger partial charge on any atom is 0.168 e. The van der Waals surface area contributed by atoms with Crippen LogP contribution in [0.1, 0.15) is 6.42 Å². The van der Waals surface area contributed by atoms with Crippen LogP contribution in [0, 0.1) is 5.82 Å². The van der Waals surface area contributed by atoms with Gasteiger partial charge in [0.1, 0.15) is 17.7 Å². The molecular formula is C17H15ClFN7. The minimum Gasteiger partial charge on any atom is -0.351 e. The highest BCUT2D eigenvalue weighted by Crippen LogP contribution is 2.31. The van der Waals surface area contributed by atoms with Crippen LogP contribution in [0.2, 0.25) is 5.02 Å². The van der Waals surface area contributed by atoms with Gasteiger partial charge >= 0.3 is 0 Å². The van der Waals surface area contributed by atoms with Crippen molar-refractivity contribution in [2.45, 2.75) is 18.5 Å². The van der Waals surface area contributed by atoms with Crippen LogP contribution in [0.25, 0.3) is 11.0 Å². The van der Waals surface area contributed by atoms with Crippen LogP contribution >= 0.6 is 11.6 Å². The summed E-state index contributed by atoms with van der Waals surface area (Å²) < 4.78 is 14.2. The van der Waals surface area contributed by atoms with Gasteiger partial charge in [-0.05, 0) is 18.6 Å². The van der Waals surface area contributed by atoms with Crippen molar-refractivity contribution in [2.24, 2.45) is 0 Å². The Kier molecular flexibility index (Phi) is 3.61. The predicted octanol–water partition coefficient (Wildman–Crippen LogP) is 2.51. The number of piperazine rings is 1. The van der Waals surface area contributed by atoms with Crippen LogP contribution in [-0.2, 0) is 0 Å². The molecule has 2 bridgehead atoms. The molecule has 2 atom stereocenters. The van der Waals surface area contributed by atoms with E-state index in [2.05, 4.69) is 30.5 Å². The molecule has 3 aromatic heterocycles.